The molecule has 0 atom stereocenters. The van der Waals surface area contributed by atoms with Crippen LogP contribution in [0.4, 0.5) is 0 Å². The van der Waals surface area contributed by atoms with Crippen LogP contribution in [0, 0.1) is 0 Å². The molecule has 0 spiro atoms. The van der Waals surface area contributed by atoms with Gasteiger partial charge < -0.3 is 0 Å². The van der Waals surface area contributed by atoms with Gasteiger partial charge in [-0.25, -0.2) is 0 Å². The minimum absolute atomic E-state index is 0.0140. The van der Waals surface area contributed by atoms with Gasteiger partial charge in [0.25, 0.3) is 0 Å². The molecule has 236 valence electrons. The molecular formula is C39H63SSi3+. The van der Waals surface area contributed by atoms with Crippen molar-refractivity contribution in [3.63, 3.8) is 0 Å². The van der Waals surface area contributed by atoms with Gasteiger partial charge in [0.2, 0.25) is 0 Å². The van der Waals surface area contributed by atoms with Gasteiger partial charge in [0.1, 0.15) is 0 Å². The number of rotatable bonds is 15. The summed E-state index contributed by atoms with van der Waals surface area (Å²) in [5, 5.41) is 1.73. The van der Waals surface area contributed by atoms with Crippen molar-refractivity contribution in [2.24, 2.45) is 0 Å². The molecule has 0 saturated heterocycles. The predicted octanol–water partition coefficient (Wildman–Crippen LogP) is 10.00. The molecule has 0 saturated carbocycles. The second kappa shape index (κ2) is 16.8. The van der Waals surface area contributed by atoms with Crippen molar-refractivity contribution >= 4 is 39.5 Å². The number of benzene rings is 3. The predicted molar refractivity (Wildman–Crippen MR) is 206 cm³/mol. The standard InChI is InChI=1S/C39H63SSi3/c1-37(2,3)41-28-10-13-31-16-22-34(23-17-31)40(35-24-18-32(19-25-35)14-11-29-42-38(4,5)6)36-26-20-33(21-27-36)15-12-30-43-39(7,8)9/h16-27H,10-15,28-30,41-43H2,1-9H3/q+1. The number of hydrogen-bond donors (Lipinski definition) is 0. The van der Waals surface area contributed by atoms with E-state index in [1.54, 1.807) is 0 Å². The molecule has 0 amide bonds. The molecule has 0 radical (unpaired) electrons. The van der Waals surface area contributed by atoms with Gasteiger partial charge >= 0.3 is 0 Å². The molecule has 3 aromatic rings. The smallest absolute Gasteiger partial charge is 0.0632 e. The first-order valence-electron chi connectivity index (χ1n) is 17.2. The van der Waals surface area contributed by atoms with E-state index in [9.17, 15) is 0 Å². The average Bonchev–Trinajstić information content (AvgIpc) is 2.92. The van der Waals surface area contributed by atoms with E-state index >= 15 is 0 Å². The molecule has 0 fully saturated rings. The lowest BCUT2D eigenvalue weighted by Gasteiger charge is -2.16. The van der Waals surface area contributed by atoms with Crippen LogP contribution >= 0.6 is 0 Å². The van der Waals surface area contributed by atoms with Crippen LogP contribution in [0.2, 0.25) is 33.2 Å². The van der Waals surface area contributed by atoms with Gasteiger partial charge in [-0.15, -0.1) is 0 Å². The highest BCUT2D eigenvalue weighted by Gasteiger charge is 2.28. The van der Waals surface area contributed by atoms with Gasteiger partial charge in [-0.05, 0) is 87.5 Å². The third-order valence-electron chi connectivity index (χ3n) is 8.40. The van der Waals surface area contributed by atoms with Crippen LogP contribution in [0.15, 0.2) is 87.5 Å². The van der Waals surface area contributed by atoms with Crippen LogP contribution < -0.4 is 0 Å². The average molecular weight is 648 g/mol. The highest BCUT2D eigenvalue weighted by molar-refractivity contribution is 7.97. The van der Waals surface area contributed by atoms with E-state index in [1.165, 1.54) is 88.0 Å². The lowest BCUT2D eigenvalue weighted by molar-refractivity contribution is 0.740. The molecule has 0 bridgehead atoms. The van der Waals surface area contributed by atoms with Gasteiger partial charge in [-0.3, -0.25) is 0 Å². The first-order valence-corrected chi connectivity index (χ1v) is 23.5. The molecule has 4 heteroatoms. The maximum atomic E-state index is 2.43. The Morgan fingerprint density at radius 3 is 0.837 bits per heavy atom. The molecule has 0 unspecified atom stereocenters. The second-order valence-electron chi connectivity index (χ2n) is 16.5. The first-order chi connectivity index (χ1) is 20.2. The van der Waals surface area contributed by atoms with E-state index < -0.39 is 0 Å². The van der Waals surface area contributed by atoms with Crippen LogP contribution in [0.1, 0.15) is 98.3 Å². The van der Waals surface area contributed by atoms with Gasteiger partial charge in [0.15, 0.2) is 14.7 Å². The largest absolute Gasteiger partial charge is 0.166 e. The minimum atomic E-state index is -0.0762. The first kappa shape index (κ1) is 36.1. The monoisotopic (exact) mass is 647 g/mol. The Morgan fingerprint density at radius 2 is 0.628 bits per heavy atom. The highest BCUT2D eigenvalue weighted by atomic mass is 32.2. The van der Waals surface area contributed by atoms with Crippen LogP contribution in [0.25, 0.3) is 0 Å². The molecule has 0 aliphatic heterocycles. The normalized spacial score (nSPS) is 14.2. The van der Waals surface area contributed by atoms with Crippen LogP contribution in [-0.4, -0.2) is 28.6 Å². The van der Waals surface area contributed by atoms with Crippen molar-refractivity contribution < 1.29 is 0 Å². The minimum Gasteiger partial charge on any atom is -0.0632 e. The van der Waals surface area contributed by atoms with E-state index in [-0.39, 0.29) is 39.5 Å². The topological polar surface area (TPSA) is 0 Å². The summed E-state index contributed by atoms with van der Waals surface area (Å²) in [7, 11) is -0.0343. The van der Waals surface area contributed by atoms with Crippen molar-refractivity contribution in [1.82, 2.24) is 0 Å². The highest BCUT2D eigenvalue weighted by Crippen LogP contribution is 2.33. The Hall–Kier alpha value is -1.34. The molecule has 0 heterocycles. The summed E-state index contributed by atoms with van der Waals surface area (Å²) >= 11 is 0. The molecule has 0 aliphatic rings. The summed E-state index contributed by atoms with van der Waals surface area (Å²) in [6, 6.07) is 33.4. The van der Waals surface area contributed by atoms with Gasteiger partial charge in [-0.1, -0.05) is 136 Å². The molecular weight excluding hydrogens is 585 g/mol. The van der Waals surface area contributed by atoms with E-state index in [0.29, 0.717) is 15.1 Å². The van der Waals surface area contributed by atoms with Gasteiger partial charge in [-0.2, -0.15) is 0 Å². The maximum Gasteiger partial charge on any atom is 0.166 e. The van der Waals surface area contributed by atoms with Crippen molar-refractivity contribution in [2.75, 3.05) is 0 Å². The van der Waals surface area contributed by atoms with Crippen molar-refractivity contribution in [3.05, 3.63) is 89.5 Å². The zero-order valence-electron chi connectivity index (χ0n) is 29.3. The zero-order valence-corrected chi connectivity index (χ0v) is 34.4. The fourth-order valence-electron chi connectivity index (χ4n) is 5.74. The molecule has 43 heavy (non-hydrogen) atoms. The Balaban J connectivity index is 1.73. The fourth-order valence-corrected chi connectivity index (χ4v) is 12.5. The molecule has 3 rings (SSSR count). The summed E-state index contributed by atoms with van der Waals surface area (Å²) in [5.41, 5.74) is 4.50. The van der Waals surface area contributed by atoms with E-state index in [0.717, 1.165) is 0 Å². The zero-order chi connectivity index (χ0) is 31.5. The molecule has 0 N–H and O–H groups in total. The second-order valence-corrected chi connectivity index (χ2v) is 28.6. The summed E-state index contributed by atoms with van der Waals surface area (Å²) in [4.78, 5) is 4.34. The summed E-state index contributed by atoms with van der Waals surface area (Å²) in [6.07, 6.45) is 7.68. The quantitative estimate of drug-likeness (QED) is 0.0875. The Morgan fingerprint density at radius 1 is 0.395 bits per heavy atom. The maximum absolute atomic E-state index is 2.43. The van der Waals surface area contributed by atoms with Crippen LogP contribution in [-0.2, 0) is 30.2 Å². The molecule has 0 aromatic heterocycles. The van der Waals surface area contributed by atoms with Gasteiger partial charge in [0.05, 0.1) is 10.9 Å². The lowest BCUT2D eigenvalue weighted by atomic mass is 10.1. The third-order valence-corrected chi connectivity index (χ3v) is 17.7. The molecule has 3 aromatic carbocycles. The van der Waals surface area contributed by atoms with Crippen LogP contribution in [0.5, 0.6) is 0 Å². The van der Waals surface area contributed by atoms with Gasteiger partial charge in [0, 0.05) is 28.6 Å². The van der Waals surface area contributed by atoms with E-state index in [2.05, 4.69) is 135 Å². The fraction of sp³-hybridized carbons (Fsp3) is 0.538. The Kier molecular flexibility index (Phi) is 14.1. The number of hydrogen-bond acceptors (Lipinski definition) is 0. The van der Waals surface area contributed by atoms with Crippen LogP contribution in [0.3, 0.4) is 0 Å². The lowest BCUT2D eigenvalue weighted by Crippen LogP contribution is -2.08. The van der Waals surface area contributed by atoms with Crippen molar-refractivity contribution in [3.8, 4) is 0 Å². The summed E-state index contributed by atoms with van der Waals surface area (Å²) < 4.78 is 0. The third kappa shape index (κ3) is 14.5. The summed E-state index contributed by atoms with van der Waals surface area (Å²) in [6.45, 7) is 21.7. The molecule has 0 nitrogen and oxygen atoms in total. The molecule has 0 aliphatic carbocycles. The Bertz CT molecular complexity index is 1040. The Labute approximate surface area is 276 Å². The van der Waals surface area contributed by atoms with Crippen molar-refractivity contribution in [2.45, 2.75) is 149 Å². The summed E-state index contributed by atoms with van der Waals surface area (Å²) in [5.74, 6) is 0. The van der Waals surface area contributed by atoms with E-state index in [4.69, 9.17) is 0 Å². The SMILES string of the molecule is CC(C)(C)[SiH2]CCCc1ccc([S+](c2ccc(CCC[SiH2]C(C)(C)C)cc2)c2ccc(CCC[SiH2]C(C)(C)C)cc2)cc1. The van der Waals surface area contributed by atoms with E-state index in [1.807, 2.05) is 0 Å². The number of aryl methyl sites for hydroxylation is 3. The van der Waals surface area contributed by atoms with Crippen molar-refractivity contribution in [1.29, 1.82) is 0 Å².